The lowest BCUT2D eigenvalue weighted by Crippen LogP contribution is -2.36. The van der Waals surface area contributed by atoms with E-state index in [2.05, 4.69) is 22.9 Å². The number of aryl methyl sites for hydroxylation is 1. The molecule has 2 aromatic carbocycles. The van der Waals surface area contributed by atoms with E-state index >= 15 is 0 Å². The van der Waals surface area contributed by atoms with Crippen LogP contribution < -0.4 is 0 Å². The maximum absolute atomic E-state index is 13.7. The highest BCUT2D eigenvalue weighted by atomic mass is 79.9. The first-order valence-electron chi connectivity index (χ1n) is 10.2. The van der Waals surface area contributed by atoms with Crippen molar-refractivity contribution in [2.75, 3.05) is 5.33 Å². The molecular weight excluding hydrogens is 448 g/mol. The van der Waals surface area contributed by atoms with Gasteiger partial charge in [-0.25, -0.2) is 8.42 Å². The van der Waals surface area contributed by atoms with E-state index in [0.29, 0.717) is 28.0 Å². The number of rotatable bonds is 8. The van der Waals surface area contributed by atoms with Crippen LogP contribution >= 0.6 is 15.9 Å². The molecule has 5 heteroatoms. The summed E-state index contributed by atoms with van der Waals surface area (Å²) in [6.07, 6.45) is 3.56. The molecule has 0 unspecified atom stereocenters. The fourth-order valence-electron chi connectivity index (χ4n) is 3.83. The zero-order valence-corrected chi connectivity index (χ0v) is 19.5. The molecule has 0 spiro atoms. The molecule has 0 saturated carbocycles. The molecule has 0 N–H and O–H groups in total. The lowest BCUT2D eigenvalue weighted by atomic mass is 9.95. The molecule has 156 valence electrons. The molecule has 1 heterocycles. The van der Waals surface area contributed by atoms with E-state index in [1.165, 1.54) is 0 Å². The number of sulfone groups is 1. The van der Waals surface area contributed by atoms with Gasteiger partial charge in [-0.05, 0) is 43.9 Å². The van der Waals surface area contributed by atoms with Gasteiger partial charge in [-0.2, -0.15) is 0 Å². The number of hydrogen-bond donors (Lipinski definition) is 0. The van der Waals surface area contributed by atoms with Crippen LogP contribution in [0.15, 0.2) is 70.0 Å². The summed E-state index contributed by atoms with van der Waals surface area (Å²) < 4.78 is 33.7. The molecule has 0 aromatic heterocycles. The van der Waals surface area contributed by atoms with Gasteiger partial charge in [-0.15, -0.1) is 0 Å². The molecule has 1 aliphatic heterocycles. The van der Waals surface area contributed by atoms with Gasteiger partial charge in [0.1, 0.15) is 0 Å². The van der Waals surface area contributed by atoms with Crippen molar-refractivity contribution in [3.63, 3.8) is 0 Å². The third-order valence-electron chi connectivity index (χ3n) is 5.36. The molecule has 0 bridgehead atoms. The summed E-state index contributed by atoms with van der Waals surface area (Å²) in [4.78, 5) is 0.835. The molecule has 0 radical (unpaired) electrons. The molecule has 29 heavy (non-hydrogen) atoms. The monoisotopic (exact) mass is 476 g/mol. The number of unbranched alkanes of at least 4 members (excludes halogenated alkanes) is 1. The number of halogens is 1. The van der Waals surface area contributed by atoms with Crippen molar-refractivity contribution in [1.29, 1.82) is 0 Å². The van der Waals surface area contributed by atoms with Crippen LogP contribution in [0.1, 0.15) is 43.7 Å². The van der Waals surface area contributed by atoms with Gasteiger partial charge in [0.2, 0.25) is 9.84 Å². The van der Waals surface area contributed by atoms with E-state index < -0.39 is 15.9 Å². The van der Waals surface area contributed by atoms with Crippen LogP contribution in [0, 0.1) is 6.92 Å². The van der Waals surface area contributed by atoms with E-state index in [9.17, 15) is 8.42 Å². The summed E-state index contributed by atoms with van der Waals surface area (Å²) in [7, 11) is -3.62. The van der Waals surface area contributed by atoms with Crippen molar-refractivity contribution < 1.29 is 13.2 Å². The van der Waals surface area contributed by atoms with Crippen molar-refractivity contribution in [1.82, 2.24) is 0 Å². The number of benzene rings is 2. The van der Waals surface area contributed by atoms with Gasteiger partial charge in [0.15, 0.2) is 0 Å². The van der Waals surface area contributed by atoms with Gasteiger partial charge >= 0.3 is 0 Å². The van der Waals surface area contributed by atoms with E-state index in [1.54, 1.807) is 12.1 Å². The fourth-order valence-corrected chi connectivity index (χ4v) is 6.01. The summed E-state index contributed by atoms with van der Waals surface area (Å²) in [5, 5.41) is 0.700. The van der Waals surface area contributed by atoms with Gasteiger partial charge in [0, 0.05) is 11.8 Å². The maximum Gasteiger partial charge on any atom is 0.205 e. The standard InChI is InChI=1S/C24H29BrO3S/c1-3-4-10-20-16-21(17-25)28-23(15-19-8-6-5-7-9-19)24(20)29(26,27)22-13-11-18(2)12-14-22/h5-9,11-14,21,23H,3-4,10,15-17H2,1-2H3/t21-,23-/m0/s1. The van der Waals surface area contributed by atoms with Gasteiger partial charge in [0.25, 0.3) is 0 Å². The normalized spacial score (nSPS) is 20.1. The Bertz CT molecular complexity index is 934. The first kappa shape index (κ1) is 22.3. The van der Waals surface area contributed by atoms with Crippen LogP contribution in [0.4, 0.5) is 0 Å². The minimum Gasteiger partial charge on any atom is -0.368 e. The SMILES string of the molecule is CCCCC1=C(S(=O)(=O)c2ccc(C)cc2)[C@H](Cc2ccccc2)O[C@H](CBr)C1. The van der Waals surface area contributed by atoms with Crippen LogP contribution in [0.25, 0.3) is 0 Å². The second-order valence-corrected chi connectivity index (χ2v) is 10.2. The summed E-state index contributed by atoms with van der Waals surface area (Å²) in [6.45, 7) is 4.10. The second-order valence-electron chi connectivity index (χ2n) is 7.68. The molecule has 2 atom stereocenters. The first-order valence-corrected chi connectivity index (χ1v) is 12.8. The Morgan fingerprint density at radius 3 is 2.38 bits per heavy atom. The molecular formula is C24H29BrO3S. The van der Waals surface area contributed by atoms with Gasteiger partial charge in [-0.3, -0.25) is 0 Å². The van der Waals surface area contributed by atoms with Crippen molar-refractivity contribution in [2.24, 2.45) is 0 Å². The first-order chi connectivity index (χ1) is 14.0. The zero-order valence-electron chi connectivity index (χ0n) is 17.1. The molecule has 0 saturated heterocycles. The molecule has 0 amide bonds. The Morgan fingerprint density at radius 2 is 1.76 bits per heavy atom. The Kier molecular flexibility index (Phi) is 7.72. The molecule has 1 aliphatic rings. The summed E-state index contributed by atoms with van der Waals surface area (Å²) in [5.41, 5.74) is 3.16. The number of ether oxygens (including phenoxy) is 1. The van der Waals surface area contributed by atoms with Crippen molar-refractivity contribution in [2.45, 2.75) is 63.1 Å². The van der Waals surface area contributed by atoms with Crippen molar-refractivity contribution in [3.05, 3.63) is 76.2 Å². The highest BCUT2D eigenvalue weighted by Gasteiger charge is 2.37. The highest BCUT2D eigenvalue weighted by Crippen LogP contribution is 2.37. The molecule has 0 fully saturated rings. The van der Waals surface area contributed by atoms with Crippen LogP contribution in [0.5, 0.6) is 0 Å². The van der Waals surface area contributed by atoms with Crippen LogP contribution in [-0.4, -0.2) is 26.0 Å². The topological polar surface area (TPSA) is 43.4 Å². The summed E-state index contributed by atoms with van der Waals surface area (Å²) >= 11 is 3.55. The predicted molar refractivity (Wildman–Crippen MR) is 122 cm³/mol. The minimum absolute atomic E-state index is 0.00691. The zero-order chi connectivity index (χ0) is 20.9. The van der Waals surface area contributed by atoms with Crippen LogP contribution in [0.2, 0.25) is 0 Å². The fraction of sp³-hybridized carbons (Fsp3) is 0.417. The van der Waals surface area contributed by atoms with Crippen molar-refractivity contribution >= 4 is 25.8 Å². The number of alkyl halides is 1. The third kappa shape index (κ3) is 5.39. The molecule has 3 nitrogen and oxygen atoms in total. The molecule has 3 rings (SSSR count). The van der Waals surface area contributed by atoms with Crippen molar-refractivity contribution in [3.8, 4) is 0 Å². The quantitative estimate of drug-likeness (QED) is 0.438. The van der Waals surface area contributed by atoms with E-state index in [1.807, 2.05) is 49.4 Å². The minimum atomic E-state index is -3.62. The average Bonchev–Trinajstić information content (AvgIpc) is 2.72. The Morgan fingerprint density at radius 1 is 1.07 bits per heavy atom. The van der Waals surface area contributed by atoms with E-state index in [4.69, 9.17) is 4.74 Å². The Balaban J connectivity index is 2.09. The second kappa shape index (κ2) is 10.1. The van der Waals surface area contributed by atoms with E-state index in [-0.39, 0.29) is 6.10 Å². The van der Waals surface area contributed by atoms with Gasteiger partial charge < -0.3 is 4.74 Å². The Labute approximate surface area is 183 Å². The lowest BCUT2D eigenvalue weighted by molar-refractivity contribution is 0.0142. The smallest absolute Gasteiger partial charge is 0.205 e. The van der Waals surface area contributed by atoms with Crippen LogP contribution in [-0.2, 0) is 21.0 Å². The third-order valence-corrected chi connectivity index (χ3v) is 8.11. The molecule has 0 aliphatic carbocycles. The highest BCUT2D eigenvalue weighted by molar-refractivity contribution is 9.09. The summed E-state index contributed by atoms with van der Waals surface area (Å²) in [5.74, 6) is 0. The average molecular weight is 477 g/mol. The maximum atomic E-state index is 13.7. The Hall–Kier alpha value is -1.43. The van der Waals surface area contributed by atoms with Crippen LogP contribution in [0.3, 0.4) is 0 Å². The van der Waals surface area contributed by atoms with E-state index in [0.717, 1.165) is 36.0 Å². The molecule has 2 aromatic rings. The summed E-state index contributed by atoms with van der Waals surface area (Å²) in [6, 6.07) is 17.1. The van der Waals surface area contributed by atoms with Gasteiger partial charge in [0.05, 0.1) is 22.0 Å². The largest absolute Gasteiger partial charge is 0.368 e. The van der Waals surface area contributed by atoms with Gasteiger partial charge in [-0.1, -0.05) is 82.9 Å². The number of hydrogen-bond acceptors (Lipinski definition) is 3. The predicted octanol–water partition coefficient (Wildman–Crippen LogP) is 6.01. The lowest BCUT2D eigenvalue weighted by Gasteiger charge is -2.34.